The van der Waals surface area contributed by atoms with Crippen LogP contribution in [0.1, 0.15) is 32.3 Å². The Morgan fingerprint density at radius 1 is 1.11 bits per heavy atom. The number of esters is 1. The van der Waals surface area contributed by atoms with Crippen LogP contribution in [0.15, 0.2) is 48.5 Å². The second-order valence-corrected chi connectivity index (χ2v) is 7.08. The molecule has 2 fully saturated rings. The summed E-state index contributed by atoms with van der Waals surface area (Å²) in [4.78, 5) is 27.3. The Kier molecular flexibility index (Phi) is 4.66. The summed E-state index contributed by atoms with van der Waals surface area (Å²) in [5, 5.41) is 3.37. The van der Waals surface area contributed by atoms with E-state index < -0.39 is 5.97 Å². The van der Waals surface area contributed by atoms with Crippen molar-refractivity contribution in [2.45, 2.75) is 6.04 Å². The maximum atomic E-state index is 13.9. The van der Waals surface area contributed by atoms with Crippen molar-refractivity contribution in [1.29, 1.82) is 0 Å². The zero-order chi connectivity index (χ0) is 19.0. The number of nitrogens with zero attached hydrogens (tertiary/aromatic N) is 1. The van der Waals surface area contributed by atoms with Gasteiger partial charge in [-0.2, -0.15) is 0 Å². The highest BCUT2D eigenvalue weighted by Crippen LogP contribution is 2.43. The lowest BCUT2D eigenvalue weighted by atomic mass is 9.89. The van der Waals surface area contributed by atoms with Gasteiger partial charge in [0, 0.05) is 25.6 Å². The molecule has 4 rings (SSSR count). The maximum absolute atomic E-state index is 13.9. The Morgan fingerprint density at radius 3 is 2.63 bits per heavy atom. The third-order valence-electron chi connectivity index (χ3n) is 5.58. The van der Waals surface area contributed by atoms with Crippen molar-refractivity contribution in [3.8, 4) is 0 Å². The lowest BCUT2D eigenvalue weighted by molar-refractivity contribution is 0.0586. The maximum Gasteiger partial charge on any atom is 0.338 e. The second-order valence-electron chi connectivity index (χ2n) is 7.08. The first-order chi connectivity index (χ1) is 13.1. The van der Waals surface area contributed by atoms with E-state index in [-0.39, 0.29) is 29.2 Å². The summed E-state index contributed by atoms with van der Waals surface area (Å²) in [5.74, 6) is -0.542. The largest absolute Gasteiger partial charge is 0.465 e. The number of rotatable bonds is 3. The number of likely N-dealkylation sites (tertiary alicyclic amines) is 1. The number of amides is 1. The van der Waals surface area contributed by atoms with Crippen LogP contribution in [-0.4, -0.2) is 43.5 Å². The zero-order valence-electron chi connectivity index (χ0n) is 15.0. The Hall–Kier alpha value is -2.73. The predicted octanol–water partition coefficient (Wildman–Crippen LogP) is 2.65. The molecule has 1 amide bonds. The Morgan fingerprint density at radius 2 is 1.89 bits per heavy atom. The third-order valence-corrected chi connectivity index (χ3v) is 5.58. The third kappa shape index (κ3) is 3.10. The Bertz CT molecular complexity index is 885. The number of hydrogen-bond donors (Lipinski definition) is 1. The highest BCUT2D eigenvalue weighted by atomic mass is 19.1. The molecule has 3 atom stereocenters. The topological polar surface area (TPSA) is 58.6 Å². The van der Waals surface area contributed by atoms with Gasteiger partial charge in [-0.15, -0.1) is 0 Å². The number of halogens is 1. The summed E-state index contributed by atoms with van der Waals surface area (Å²) in [7, 11) is 1.30. The molecule has 0 radical (unpaired) electrons. The molecule has 6 heteroatoms. The molecule has 0 unspecified atom stereocenters. The number of benzene rings is 2. The number of carbonyl (C=O) groups is 2. The molecule has 2 heterocycles. The number of hydrogen-bond acceptors (Lipinski definition) is 4. The van der Waals surface area contributed by atoms with Crippen molar-refractivity contribution in [2.75, 3.05) is 26.7 Å². The summed E-state index contributed by atoms with van der Waals surface area (Å²) in [6, 6.07) is 12.9. The number of methoxy groups -OCH3 is 1. The van der Waals surface area contributed by atoms with Gasteiger partial charge in [-0.1, -0.05) is 24.3 Å². The summed E-state index contributed by atoms with van der Waals surface area (Å²) in [6.07, 6.45) is 0. The average molecular weight is 368 g/mol. The van der Waals surface area contributed by atoms with Crippen LogP contribution in [0.2, 0.25) is 0 Å². The van der Waals surface area contributed by atoms with Gasteiger partial charge in [0.1, 0.15) is 5.82 Å². The van der Waals surface area contributed by atoms with Crippen molar-refractivity contribution in [3.63, 3.8) is 0 Å². The van der Waals surface area contributed by atoms with E-state index in [0.29, 0.717) is 18.0 Å². The number of fused-ring (bicyclic) bond motifs is 1. The van der Waals surface area contributed by atoms with Gasteiger partial charge in [0.05, 0.1) is 24.3 Å². The van der Waals surface area contributed by atoms with E-state index in [1.807, 2.05) is 6.07 Å². The second kappa shape index (κ2) is 7.12. The molecular weight excluding hydrogens is 347 g/mol. The van der Waals surface area contributed by atoms with E-state index in [9.17, 15) is 14.0 Å². The fourth-order valence-corrected chi connectivity index (χ4v) is 4.36. The molecule has 0 spiro atoms. The molecule has 140 valence electrons. The highest BCUT2D eigenvalue weighted by molar-refractivity contribution is 6.05. The van der Waals surface area contributed by atoms with Gasteiger partial charge in [-0.25, -0.2) is 9.18 Å². The minimum atomic E-state index is -0.540. The smallest absolute Gasteiger partial charge is 0.338 e. The highest BCUT2D eigenvalue weighted by Gasteiger charge is 2.47. The molecule has 27 heavy (non-hydrogen) atoms. The lowest BCUT2D eigenvalue weighted by Crippen LogP contribution is -2.35. The van der Waals surface area contributed by atoms with Gasteiger partial charge >= 0.3 is 5.97 Å². The van der Waals surface area contributed by atoms with Crippen LogP contribution < -0.4 is 5.32 Å². The van der Waals surface area contributed by atoms with Gasteiger partial charge in [0.25, 0.3) is 5.91 Å². The summed E-state index contributed by atoms with van der Waals surface area (Å²) >= 11 is 0. The summed E-state index contributed by atoms with van der Waals surface area (Å²) in [5.41, 5.74) is 1.35. The molecule has 2 aliphatic heterocycles. The van der Waals surface area contributed by atoms with E-state index in [4.69, 9.17) is 4.74 Å². The molecule has 0 saturated carbocycles. The van der Waals surface area contributed by atoms with Gasteiger partial charge < -0.3 is 15.0 Å². The molecule has 1 N–H and O–H groups in total. The quantitative estimate of drug-likeness (QED) is 0.847. The molecule has 0 aliphatic carbocycles. The molecule has 2 aromatic rings. The fraction of sp³-hybridized carbons (Fsp3) is 0.333. The van der Waals surface area contributed by atoms with Crippen LogP contribution in [0.25, 0.3) is 0 Å². The predicted molar refractivity (Wildman–Crippen MR) is 97.8 cm³/mol. The molecule has 2 aromatic carbocycles. The first-order valence-electron chi connectivity index (χ1n) is 9.04. The van der Waals surface area contributed by atoms with Gasteiger partial charge in [0.2, 0.25) is 0 Å². The van der Waals surface area contributed by atoms with Crippen LogP contribution in [0.3, 0.4) is 0 Å². The number of carbonyl (C=O) groups excluding carboxylic acids is 2. The number of ether oxygens (including phenoxy) is 1. The first-order valence-corrected chi connectivity index (χ1v) is 9.04. The van der Waals surface area contributed by atoms with Crippen molar-refractivity contribution < 1.29 is 18.7 Å². The Labute approximate surface area is 157 Å². The normalized spacial score (nSPS) is 23.9. The van der Waals surface area contributed by atoms with E-state index in [1.165, 1.54) is 19.2 Å². The van der Waals surface area contributed by atoms with Crippen molar-refractivity contribution in [2.24, 2.45) is 11.8 Å². The van der Waals surface area contributed by atoms with Crippen molar-refractivity contribution in [1.82, 2.24) is 10.2 Å². The molecule has 5 nitrogen and oxygen atoms in total. The minimum absolute atomic E-state index is 0.223. The van der Waals surface area contributed by atoms with Crippen LogP contribution in [0.5, 0.6) is 0 Å². The van der Waals surface area contributed by atoms with Crippen LogP contribution >= 0.6 is 0 Å². The van der Waals surface area contributed by atoms with Crippen molar-refractivity contribution >= 4 is 11.9 Å². The van der Waals surface area contributed by atoms with Gasteiger partial charge in [0.15, 0.2) is 0 Å². The molecule has 0 aromatic heterocycles. The monoisotopic (exact) mass is 368 g/mol. The van der Waals surface area contributed by atoms with Crippen LogP contribution in [0, 0.1) is 17.7 Å². The van der Waals surface area contributed by atoms with Crippen LogP contribution in [0.4, 0.5) is 4.39 Å². The number of nitrogens with one attached hydrogen (secondary N) is 1. The first kappa shape index (κ1) is 17.7. The lowest BCUT2D eigenvalue weighted by Gasteiger charge is -2.29. The van der Waals surface area contributed by atoms with E-state index >= 15 is 0 Å². The van der Waals surface area contributed by atoms with E-state index in [2.05, 4.69) is 5.32 Å². The SMILES string of the molecule is COC(=O)c1ccccc1C(=O)N1C[C@@H]2CNC[C@@H]2[C@H]1c1cccc(F)c1. The van der Waals surface area contributed by atoms with Gasteiger partial charge in [-0.3, -0.25) is 4.79 Å². The minimum Gasteiger partial charge on any atom is -0.465 e. The summed E-state index contributed by atoms with van der Waals surface area (Å²) in [6.45, 7) is 2.19. The standard InChI is InChI=1S/C21H21FN2O3/c1-27-21(26)17-8-3-2-7-16(17)20(25)24-12-14-10-23-11-18(14)19(24)13-5-4-6-15(22)9-13/h2-9,14,18-19,23H,10-12H2,1H3/t14-,18-,19+/m0/s1. The molecule has 0 bridgehead atoms. The van der Waals surface area contributed by atoms with Gasteiger partial charge in [-0.05, 0) is 35.7 Å². The Balaban J connectivity index is 1.74. The van der Waals surface area contributed by atoms with Crippen LogP contribution in [-0.2, 0) is 4.74 Å². The molecule has 2 saturated heterocycles. The van der Waals surface area contributed by atoms with Crippen molar-refractivity contribution in [3.05, 3.63) is 71.0 Å². The molecular formula is C21H21FN2O3. The zero-order valence-corrected chi connectivity index (χ0v) is 15.0. The fourth-order valence-electron chi connectivity index (χ4n) is 4.36. The average Bonchev–Trinajstić information content (AvgIpc) is 3.27. The summed E-state index contributed by atoms with van der Waals surface area (Å²) < 4.78 is 18.7. The van der Waals surface area contributed by atoms with E-state index in [0.717, 1.165) is 18.7 Å². The molecule has 2 aliphatic rings. The van der Waals surface area contributed by atoms with E-state index in [1.54, 1.807) is 35.2 Å².